The van der Waals surface area contributed by atoms with Gasteiger partial charge in [0.05, 0.1) is 16.7 Å². The molecule has 0 aromatic carbocycles. The second kappa shape index (κ2) is 5.57. The molecule has 5 heteroatoms. The summed E-state index contributed by atoms with van der Waals surface area (Å²) < 4.78 is 13.7. The van der Waals surface area contributed by atoms with Gasteiger partial charge in [0, 0.05) is 17.8 Å². The van der Waals surface area contributed by atoms with Crippen LogP contribution in [0.25, 0.3) is 0 Å². The molecule has 0 saturated carbocycles. The van der Waals surface area contributed by atoms with E-state index in [2.05, 4.69) is 18.8 Å². The van der Waals surface area contributed by atoms with Crippen LogP contribution in [0.5, 0.6) is 0 Å². The number of amides is 1. The van der Waals surface area contributed by atoms with Crippen molar-refractivity contribution in [1.82, 2.24) is 9.88 Å². The Kier molecular flexibility index (Phi) is 4.72. The Hall–Kier alpha value is -0.970. The standard InChI is InChI=1S/C14H23FN2OS/c1-8(2)12-16-9(3)11(19-12)10(4)17(7)13(18)14(5,6)15/h8,10H,1-7H3. The Morgan fingerprint density at radius 2 is 1.89 bits per heavy atom. The maximum atomic E-state index is 13.7. The zero-order valence-corrected chi connectivity index (χ0v) is 13.6. The normalized spacial score (nSPS) is 13.7. The van der Waals surface area contributed by atoms with Gasteiger partial charge in [0.15, 0.2) is 5.67 Å². The molecule has 1 aromatic heterocycles. The lowest BCUT2D eigenvalue weighted by Crippen LogP contribution is -2.41. The van der Waals surface area contributed by atoms with Gasteiger partial charge in [-0.05, 0) is 27.7 Å². The highest BCUT2D eigenvalue weighted by Gasteiger charge is 2.33. The monoisotopic (exact) mass is 286 g/mol. The Bertz CT molecular complexity index is 463. The zero-order chi connectivity index (χ0) is 15.0. The Morgan fingerprint density at radius 3 is 2.26 bits per heavy atom. The number of nitrogens with zero attached hydrogens (tertiary/aromatic N) is 2. The molecule has 0 fully saturated rings. The predicted octanol–water partition coefficient (Wildman–Crippen LogP) is 3.84. The molecule has 0 aliphatic carbocycles. The number of aryl methyl sites for hydroxylation is 1. The van der Waals surface area contributed by atoms with E-state index >= 15 is 0 Å². The van der Waals surface area contributed by atoms with Crippen LogP contribution in [-0.4, -0.2) is 28.5 Å². The second-order valence-electron chi connectivity index (χ2n) is 5.72. The van der Waals surface area contributed by atoms with Crippen LogP contribution in [0, 0.1) is 6.92 Å². The van der Waals surface area contributed by atoms with Crippen molar-refractivity contribution in [3.05, 3.63) is 15.6 Å². The molecule has 1 aromatic rings. The molecule has 0 aliphatic heterocycles. The molecule has 108 valence electrons. The van der Waals surface area contributed by atoms with Crippen molar-refractivity contribution in [2.24, 2.45) is 0 Å². The quantitative estimate of drug-likeness (QED) is 0.842. The number of thiazole rings is 1. The summed E-state index contributed by atoms with van der Waals surface area (Å²) in [5.41, 5.74) is -0.917. The molecule has 1 atom stereocenters. The van der Waals surface area contributed by atoms with Gasteiger partial charge in [0.1, 0.15) is 0 Å². The molecule has 0 saturated heterocycles. The first-order valence-corrected chi connectivity index (χ1v) is 7.30. The number of halogens is 1. The van der Waals surface area contributed by atoms with E-state index in [-0.39, 0.29) is 6.04 Å². The van der Waals surface area contributed by atoms with E-state index in [0.29, 0.717) is 5.92 Å². The van der Waals surface area contributed by atoms with Crippen LogP contribution in [0.1, 0.15) is 62.2 Å². The van der Waals surface area contributed by atoms with Crippen LogP contribution in [0.4, 0.5) is 4.39 Å². The smallest absolute Gasteiger partial charge is 0.259 e. The molecule has 3 nitrogen and oxygen atoms in total. The molecule has 0 aliphatic rings. The Morgan fingerprint density at radius 1 is 1.37 bits per heavy atom. The van der Waals surface area contributed by atoms with Crippen molar-refractivity contribution in [2.75, 3.05) is 7.05 Å². The zero-order valence-electron chi connectivity index (χ0n) is 12.7. The summed E-state index contributed by atoms with van der Waals surface area (Å²) >= 11 is 1.60. The third kappa shape index (κ3) is 3.53. The number of hydrogen-bond acceptors (Lipinski definition) is 3. The van der Waals surface area contributed by atoms with Crippen LogP contribution in [0.2, 0.25) is 0 Å². The molecule has 1 heterocycles. The molecule has 1 rings (SSSR count). The average molecular weight is 286 g/mol. The lowest BCUT2D eigenvalue weighted by Gasteiger charge is -2.28. The number of hydrogen-bond donors (Lipinski definition) is 0. The largest absolute Gasteiger partial charge is 0.335 e. The molecule has 1 amide bonds. The van der Waals surface area contributed by atoms with Crippen LogP contribution in [-0.2, 0) is 4.79 Å². The lowest BCUT2D eigenvalue weighted by atomic mass is 10.1. The van der Waals surface area contributed by atoms with Crippen molar-refractivity contribution in [1.29, 1.82) is 0 Å². The first-order chi connectivity index (χ1) is 8.55. The summed E-state index contributed by atoms with van der Waals surface area (Å²) in [5.74, 6) is -0.137. The van der Waals surface area contributed by atoms with Gasteiger partial charge < -0.3 is 4.90 Å². The van der Waals surface area contributed by atoms with Gasteiger partial charge >= 0.3 is 0 Å². The highest BCUT2D eigenvalue weighted by atomic mass is 32.1. The maximum absolute atomic E-state index is 13.7. The highest BCUT2D eigenvalue weighted by Crippen LogP contribution is 2.32. The molecule has 19 heavy (non-hydrogen) atoms. The number of carbonyl (C=O) groups is 1. The molecule has 0 bridgehead atoms. The topological polar surface area (TPSA) is 33.2 Å². The van der Waals surface area contributed by atoms with Gasteiger partial charge in [-0.25, -0.2) is 9.37 Å². The van der Waals surface area contributed by atoms with E-state index < -0.39 is 11.6 Å². The number of aromatic nitrogens is 1. The van der Waals surface area contributed by atoms with E-state index in [0.717, 1.165) is 15.6 Å². The average Bonchev–Trinajstić information content (AvgIpc) is 2.67. The summed E-state index contributed by atoms with van der Waals surface area (Å²) in [4.78, 5) is 19.0. The van der Waals surface area contributed by atoms with Crippen molar-refractivity contribution in [3.8, 4) is 0 Å². The lowest BCUT2D eigenvalue weighted by molar-refractivity contribution is -0.142. The Balaban J connectivity index is 3.00. The fourth-order valence-electron chi connectivity index (χ4n) is 1.84. The van der Waals surface area contributed by atoms with Crippen LogP contribution >= 0.6 is 11.3 Å². The maximum Gasteiger partial charge on any atom is 0.259 e. The van der Waals surface area contributed by atoms with E-state index in [9.17, 15) is 9.18 Å². The SMILES string of the molecule is Cc1nc(C(C)C)sc1C(C)N(C)C(=O)C(C)(C)F. The second-order valence-corrected chi connectivity index (χ2v) is 6.78. The third-order valence-corrected chi connectivity index (χ3v) is 4.76. The number of rotatable bonds is 4. The summed E-state index contributed by atoms with van der Waals surface area (Å²) in [6.45, 7) is 10.6. The van der Waals surface area contributed by atoms with Crippen LogP contribution in [0.15, 0.2) is 0 Å². The number of alkyl halides is 1. The van der Waals surface area contributed by atoms with E-state index in [4.69, 9.17) is 0 Å². The highest BCUT2D eigenvalue weighted by molar-refractivity contribution is 7.11. The first kappa shape index (κ1) is 16.1. The summed E-state index contributed by atoms with van der Waals surface area (Å²) in [6.07, 6.45) is 0. The van der Waals surface area contributed by atoms with E-state index in [1.54, 1.807) is 18.4 Å². The summed E-state index contributed by atoms with van der Waals surface area (Å²) in [5, 5.41) is 1.06. The van der Waals surface area contributed by atoms with E-state index in [1.807, 2.05) is 13.8 Å². The van der Waals surface area contributed by atoms with Gasteiger partial charge in [-0.15, -0.1) is 11.3 Å². The minimum Gasteiger partial charge on any atom is -0.335 e. The van der Waals surface area contributed by atoms with Crippen molar-refractivity contribution in [2.45, 2.75) is 59.2 Å². The van der Waals surface area contributed by atoms with Gasteiger partial charge in [0.2, 0.25) is 0 Å². The van der Waals surface area contributed by atoms with Gasteiger partial charge in [0.25, 0.3) is 5.91 Å². The van der Waals surface area contributed by atoms with Crippen molar-refractivity contribution >= 4 is 17.2 Å². The minimum absolute atomic E-state index is 0.160. The Labute approximate surface area is 118 Å². The fraction of sp³-hybridized carbons (Fsp3) is 0.714. The molecular weight excluding hydrogens is 263 g/mol. The van der Waals surface area contributed by atoms with E-state index in [1.165, 1.54) is 18.7 Å². The van der Waals surface area contributed by atoms with Crippen molar-refractivity contribution in [3.63, 3.8) is 0 Å². The summed E-state index contributed by atoms with van der Waals surface area (Å²) in [6, 6.07) is -0.160. The molecule has 0 radical (unpaired) electrons. The first-order valence-electron chi connectivity index (χ1n) is 6.49. The van der Waals surface area contributed by atoms with Crippen LogP contribution < -0.4 is 0 Å². The molecule has 0 spiro atoms. The fourth-order valence-corrected chi connectivity index (χ4v) is 3.00. The van der Waals surface area contributed by atoms with Gasteiger partial charge in [-0.3, -0.25) is 4.79 Å². The van der Waals surface area contributed by atoms with Gasteiger partial charge in [-0.2, -0.15) is 0 Å². The molecular formula is C14H23FN2OS. The third-order valence-electron chi connectivity index (χ3n) is 3.13. The summed E-state index contributed by atoms with van der Waals surface area (Å²) in [7, 11) is 1.64. The van der Waals surface area contributed by atoms with Gasteiger partial charge in [-0.1, -0.05) is 13.8 Å². The van der Waals surface area contributed by atoms with Crippen molar-refractivity contribution < 1.29 is 9.18 Å². The number of carbonyl (C=O) groups excluding carboxylic acids is 1. The predicted molar refractivity (Wildman–Crippen MR) is 77.3 cm³/mol. The minimum atomic E-state index is -1.84. The molecule has 0 N–H and O–H groups in total. The molecule has 1 unspecified atom stereocenters. The van der Waals surface area contributed by atoms with Crippen LogP contribution in [0.3, 0.4) is 0 Å².